The van der Waals surface area contributed by atoms with Crippen molar-refractivity contribution in [1.82, 2.24) is 4.90 Å². The number of carboxylic acids is 2. The molecule has 10 nitrogen and oxygen atoms in total. The molecule has 0 aromatic heterocycles. The largest absolute Gasteiger partial charge is 0.508 e. The van der Waals surface area contributed by atoms with Crippen molar-refractivity contribution in [2.45, 2.75) is 38.0 Å². The van der Waals surface area contributed by atoms with Crippen molar-refractivity contribution in [3.63, 3.8) is 0 Å². The number of hydrogen-bond donors (Lipinski definition) is 4. The van der Waals surface area contributed by atoms with Gasteiger partial charge < -0.3 is 25.8 Å². The van der Waals surface area contributed by atoms with Crippen LogP contribution < -0.4 is 5.73 Å². The molecule has 2 aromatic carbocycles. The molecule has 0 fully saturated rings. The third kappa shape index (κ3) is 7.10. The average molecular weight is 444 g/mol. The summed E-state index contributed by atoms with van der Waals surface area (Å²) in [5.74, 6) is -3.76. The van der Waals surface area contributed by atoms with E-state index in [1.165, 1.54) is 24.3 Å². The Labute approximate surface area is 183 Å². The third-order valence-electron chi connectivity index (χ3n) is 4.59. The number of ether oxygens (including phenoxy) is 1. The molecule has 0 saturated carbocycles. The van der Waals surface area contributed by atoms with Gasteiger partial charge in [-0.25, -0.2) is 14.5 Å². The predicted molar refractivity (Wildman–Crippen MR) is 112 cm³/mol. The molecule has 0 spiro atoms. The van der Waals surface area contributed by atoms with E-state index >= 15 is 0 Å². The van der Waals surface area contributed by atoms with Crippen molar-refractivity contribution < 1.29 is 39.2 Å². The van der Waals surface area contributed by atoms with Crippen LogP contribution in [0.25, 0.3) is 0 Å². The Kier molecular flexibility index (Phi) is 8.72. The van der Waals surface area contributed by atoms with Crippen LogP contribution in [-0.2, 0) is 32.1 Å². The van der Waals surface area contributed by atoms with Crippen LogP contribution in [0.3, 0.4) is 0 Å². The second-order valence-corrected chi connectivity index (χ2v) is 7.01. The molecule has 2 amide bonds. The van der Waals surface area contributed by atoms with E-state index in [1.54, 1.807) is 30.3 Å². The highest BCUT2D eigenvalue weighted by molar-refractivity contribution is 5.99. The van der Waals surface area contributed by atoms with Crippen LogP contribution in [0.15, 0.2) is 54.6 Å². The molecule has 2 unspecified atom stereocenters. The summed E-state index contributed by atoms with van der Waals surface area (Å²) in [6.07, 6.45) is -2.21. The van der Waals surface area contributed by atoms with Crippen LogP contribution in [-0.4, -0.2) is 56.2 Å². The van der Waals surface area contributed by atoms with Crippen molar-refractivity contribution >= 4 is 23.9 Å². The Bertz CT molecular complexity index is 946. The Balaban J connectivity index is 2.28. The van der Waals surface area contributed by atoms with Gasteiger partial charge in [0.25, 0.3) is 0 Å². The summed E-state index contributed by atoms with van der Waals surface area (Å²) in [5, 5.41) is 28.0. The number of hydrogen-bond acceptors (Lipinski definition) is 7. The number of nitrogens with zero attached hydrogens (tertiary/aromatic N) is 1. The zero-order chi connectivity index (χ0) is 23.7. The highest BCUT2D eigenvalue weighted by Crippen LogP contribution is 2.17. The van der Waals surface area contributed by atoms with Gasteiger partial charge in [-0.15, -0.1) is 0 Å². The van der Waals surface area contributed by atoms with Crippen LogP contribution in [0, 0.1) is 0 Å². The van der Waals surface area contributed by atoms with Crippen molar-refractivity contribution in [3.05, 3.63) is 65.7 Å². The number of carbonyl (C=O) groups is 4. The number of aromatic hydroxyl groups is 1. The number of amides is 2. The maximum absolute atomic E-state index is 12.9. The minimum Gasteiger partial charge on any atom is -0.508 e. The number of carboxylic acid groups (broad SMARTS) is 2. The molecule has 0 radical (unpaired) electrons. The van der Waals surface area contributed by atoms with Crippen LogP contribution in [0.1, 0.15) is 24.0 Å². The average Bonchev–Trinajstić information content (AvgIpc) is 2.77. The van der Waals surface area contributed by atoms with Gasteiger partial charge in [-0.1, -0.05) is 42.5 Å². The van der Waals surface area contributed by atoms with E-state index in [4.69, 9.17) is 15.6 Å². The molecule has 2 atom stereocenters. The summed E-state index contributed by atoms with van der Waals surface area (Å²) >= 11 is 0. The summed E-state index contributed by atoms with van der Waals surface area (Å²) in [5.41, 5.74) is 6.83. The molecular formula is C22H24N2O8. The number of rotatable bonds is 10. The monoisotopic (exact) mass is 444 g/mol. The van der Waals surface area contributed by atoms with E-state index in [0.717, 1.165) is 0 Å². The molecule has 5 N–H and O–H groups in total. The maximum Gasteiger partial charge on any atom is 0.417 e. The van der Waals surface area contributed by atoms with Gasteiger partial charge in [-0.3, -0.25) is 9.59 Å². The van der Waals surface area contributed by atoms with Gasteiger partial charge in [0.15, 0.2) is 0 Å². The molecule has 32 heavy (non-hydrogen) atoms. The molecule has 0 aliphatic rings. The van der Waals surface area contributed by atoms with Gasteiger partial charge in [0.05, 0.1) is 6.04 Å². The van der Waals surface area contributed by atoms with Crippen molar-refractivity contribution in [3.8, 4) is 5.75 Å². The molecule has 0 heterocycles. The van der Waals surface area contributed by atoms with E-state index in [-0.39, 0.29) is 25.2 Å². The molecule has 0 bridgehead atoms. The molecule has 0 saturated heterocycles. The van der Waals surface area contributed by atoms with E-state index in [2.05, 4.69) is 0 Å². The van der Waals surface area contributed by atoms with Crippen LogP contribution >= 0.6 is 0 Å². The minimum atomic E-state index is -1.66. The SMILES string of the molecule is NC(CCC(=O)O)C(=O)N(C(=O)OCc1ccccc1)C(Cc1ccc(O)cc1)C(=O)O. The van der Waals surface area contributed by atoms with Gasteiger partial charge in [0, 0.05) is 12.8 Å². The first-order valence-corrected chi connectivity index (χ1v) is 9.71. The Morgan fingerprint density at radius 3 is 2.12 bits per heavy atom. The van der Waals surface area contributed by atoms with Gasteiger partial charge in [0.1, 0.15) is 18.4 Å². The normalized spacial score (nSPS) is 12.4. The number of carbonyl (C=O) groups excluding carboxylic acids is 2. The van der Waals surface area contributed by atoms with E-state index in [0.29, 0.717) is 16.0 Å². The quantitative estimate of drug-likeness (QED) is 0.426. The maximum atomic E-state index is 12.9. The van der Waals surface area contributed by atoms with E-state index in [9.17, 15) is 29.4 Å². The molecule has 0 aliphatic heterocycles. The topological polar surface area (TPSA) is 167 Å². The number of phenols is 1. The second-order valence-electron chi connectivity index (χ2n) is 7.01. The van der Waals surface area contributed by atoms with E-state index < -0.39 is 42.4 Å². The summed E-state index contributed by atoms with van der Waals surface area (Å²) in [6.45, 7) is -0.209. The first-order valence-electron chi connectivity index (χ1n) is 9.71. The molecule has 10 heteroatoms. The molecule has 2 aromatic rings. The predicted octanol–water partition coefficient (Wildman–Crippen LogP) is 1.75. The lowest BCUT2D eigenvalue weighted by Crippen LogP contribution is -2.55. The third-order valence-corrected chi connectivity index (χ3v) is 4.59. The van der Waals surface area contributed by atoms with Crippen LogP contribution in [0.4, 0.5) is 4.79 Å². The number of aliphatic carboxylic acids is 2. The highest BCUT2D eigenvalue weighted by Gasteiger charge is 2.38. The number of nitrogens with two attached hydrogens (primary N) is 1. The first-order chi connectivity index (χ1) is 15.2. The fourth-order valence-electron chi connectivity index (χ4n) is 2.89. The fraction of sp³-hybridized carbons (Fsp3) is 0.273. The number of imide groups is 1. The lowest BCUT2D eigenvalue weighted by molar-refractivity contribution is -0.149. The molecule has 0 aliphatic carbocycles. The summed E-state index contributed by atoms with van der Waals surface area (Å²) in [4.78, 5) is 48.9. The molecular weight excluding hydrogens is 420 g/mol. The Morgan fingerprint density at radius 1 is 0.938 bits per heavy atom. The Morgan fingerprint density at radius 2 is 1.56 bits per heavy atom. The lowest BCUT2D eigenvalue weighted by atomic mass is 10.0. The number of phenolic OH excluding ortho intramolecular Hbond substituents is 1. The highest BCUT2D eigenvalue weighted by atomic mass is 16.6. The molecule has 170 valence electrons. The van der Waals surface area contributed by atoms with Crippen molar-refractivity contribution in [2.75, 3.05) is 0 Å². The number of benzene rings is 2. The smallest absolute Gasteiger partial charge is 0.417 e. The van der Waals surface area contributed by atoms with Gasteiger partial charge in [0.2, 0.25) is 5.91 Å². The Hall–Kier alpha value is -3.92. The molecule has 2 rings (SSSR count). The summed E-state index contributed by atoms with van der Waals surface area (Å²) in [6, 6.07) is 11.1. The van der Waals surface area contributed by atoms with Crippen molar-refractivity contribution in [2.24, 2.45) is 5.73 Å². The summed E-state index contributed by atoms with van der Waals surface area (Å²) in [7, 11) is 0. The van der Waals surface area contributed by atoms with E-state index in [1.807, 2.05) is 0 Å². The van der Waals surface area contributed by atoms with Crippen LogP contribution in [0.2, 0.25) is 0 Å². The zero-order valence-electron chi connectivity index (χ0n) is 17.1. The summed E-state index contributed by atoms with van der Waals surface area (Å²) < 4.78 is 5.17. The first kappa shape index (κ1) is 24.4. The standard InChI is InChI=1S/C22H24N2O8/c23-17(10-11-19(26)27)20(28)24(22(31)32-13-15-4-2-1-3-5-15)18(21(29)30)12-14-6-8-16(25)9-7-14/h1-9,17-18,25H,10-13,23H2,(H,26,27)(H,29,30). The zero-order valence-corrected chi connectivity index (χ0v) is 17.1. The van der Waals surface area contributed by atoms with Gasteiger partial charge >= 0.3 is 18.0 Å². The second kappa shape index (κ2) is 11.5. The van der Waals surface area contributed by atoms with Gasteiger partial charge in [-0.05, 0) is 29.7 Å². The fourth-order valence-corrected chi connectivity index (χ4v) is 2.89. The lowest BCUT2D eigenvalue weighted by Gasteiger charge is -2.28. The van der Waals surface area contributed by atoms with Gasteiger partial charge in [-0.2, -0.15) is 0 Å². The van der Waals surface area contributed by atoms with Crippen LogP contribution in [0.5, 0.6) is 5.75 Å². The van der Waals surface area contributed by atoms with Crippen molar-refractivity contribution in [1.29, 1.82) is 0 Å². The minimum absolute atomic E-state index is 0.0356.